The molecule has 13 nitrogen and oxygen atoms in total. The number of carbonyl (C=O) groups is 4. The molecule has 1 fully saturated rings. The lowest BCUT2D eigenvalue weighted by molar-refractivity contribution is -0.192. The summed E-state index contributed by atoms with van der Waals surface area (Å²) in [5.74, 6) is -2.26. The molecule has 1 heterocycles. The summed E-state index contributed by atoms with van der Waals surface area (Å²) in [5, 5.41) is 2.93. The van der Waals surface area contributed by atoms with Crippen LogP contribution in [-0.2, 0) is 19.2 Å². The van der Waals surface area contributed by atoms with Crippen LogP contribution in [0.2, 0.25) is 0 Å². The third-order valence-electron chi connectivity index (χ3n) is 7.12. The van der Waals surface area contributed by atoms with Crippen molar-refractivity contribution in [3.05, 3.63) is 88.7 Å². The smallest absolute Gasteiger partial charge is 0.453 e. The van der Waals surface area contributed by atoms with E-state index in [1.54, 1.807) is 24.3 Å². The lowest BCUT2D eigenvalue weighted by atomic mass is 10.0. The third-order valence-corrected chi connectivity index (χ3v) is 7.12. The summed E-state index contributed by atoms with van der Waals surface area (Å²) in [5.41, 5.74) is 0.103. The van der Waals surface area contributed by atoms with Gasteiger partial charge in [0.25, 0.3) is 5.91 Å². The molecule has 1 aliphatic rings. The van der Waals surface area contributed by atoms with Crippen LogP contribution in [0.1, 0.15) is 55.9 Å². The van der Waals surface area contributed by atoms with E-state index in [1.807, 2.05) is 0 Å². The van der Waals surface area contributed by atoms with Gasteiger partial charge in [-0.15, -0.1) is 0 Å². The normalized spacial score (nSPS) is 14.4. The second-order valence-corrected chi connectivity index (χ2v) is 10.3. The van der Waals surface area contributed by atoms with Gasteiger partial charge >= 0.3 is 12.1 Å². The van der Waals surface area contributed by atoms with E-state index in [1.165, 1.54) is 56.6 Å². The Hall–Kier alpha value is -5.21. The zero-order chi connectivity index (χ0) is 33.8. The molecule has 3 aromatic carbocycles. The Kier molecular flexibility index (Phi) is 12.5. The molecule has 0 aromatic heterocycles. The maximum Gasteiger partial charge on any atom is 0.453 e. The largest absolute Gasteiger partial charge is 0.497 e. The molecule has 0 radical (unpaired) electrons. The van der Waals surface area contributed by atoms with Crippen LogP contribution < -0.4 is 19.5 Å². The van der Waals surface area contributed by atoms with Crippen LogP contribution >= 0.6 is 0 Å². The number of ether oxygens (including phenoxy) is 5. The number of hydrogen-bond donors (Lipinski definition) is 1. The standard InChI is InChI=1S/C33H35FN2O11/c1-41-19-44-25-13-11-22(12-14-25)31(38)35-24-6-4-5-15-36(18-24)33(40)47-46-32(39)23-9-7-21(8-10-23)30(37)29-27(34)16-26(43-3)17-28(29)45-20-42-2/h7-14,16-17,24H,4-6,15,18-20H2,1-3H3,(H,35,38). The van der Waals surface area contributed by atoms with Gasteiger partial charge in [0.15, 0.2) is 19.4 Å². The van der Waals surface area contributed by atoms with Gasteiger partial charge in [-0.2, -0.15) is 0 Å². The molecular weight excluding hydrogens is 619 g/mol. The summed E-state index contributed by atoms with van der Waals surface area (Å²) in [6, 6.07) is 13.7. The average molecular weight is 655 g/mol. The number of hydrogen-bond acceptors (Lipinski definition) is 11. The quantitative estimate of drug-likeness (QED) is 0.127. The minimum Gasteiger partial charge on any atom is -0.497 e. The number of likely N-dealkylation sites (tertiary alicyclic amines) is 1. The second-order valence-electron chi connectivity index (χ2n) is 10.3. The van der Waals surface area contributed by atoms with Crippen molar-refractivity contribution in [1.82, 2.24) is 10.2 Å². The highest BCUT2D eigenvalue weighted by Crippen LogP contribution is 2.30. The topological polar surface area (TPSA) is 148 Å². The first-order chi connectivity index (χ1) is 22.7. The van der Waals surface area contributed by atoms with Crippen molar-refractivity contribution in [3.63, 3.8) is 0 Å². The molecule has 0 bridgehead atoms. The number of carbonyl (C=O) groups excluding carboxylic acids is 4. The van der Waals surface area contributed by atoms with Gasteiger partial charge in [0.05, 0.1) is 12.7 Å². The Labute approximate surface area is 270 Å². The van der Waals surface area contributed by atoms with Gasteiger partial charge in [-0.1, -0.05) is 12.1 Å². The van der Waals surface area contributed by atoms with E-state index in [0.717, 1.165) is 12.5 Å². The molecule has 1 aliphatic heterocycles. The van der Waals surface area contributed by atoms with Crippen molar-refractivity contribution in [2.24, 2.45) is 0 Å². The van der Waals surface area contributed by atoms with Gasteiger partial charge in [-0.3, -0.25) is 9.59 Å². The lowest BCUT2D eigenvalue weighted by Gasteiger charge is -2.23. The van der Waals surface area contributed by atoms with E-state index in [9.17, 15) is 23.6 Å². The summed E-state index contributed by atoms with van der Waals surface area (Å²) < 4.78 is 40.3. The van der Waals surface area contributed by atoms with Crippen molar-refractivity contribution < 1.29 is 57.0 Å². The summed E-state index contributed by atoms with van der Waals surface area (Å²) >= 11 is 0. The molecule has 2 amide bonds. The number of methoxy groups -OCH3 is 3. The minimum absolute atomic E-state index is 0.0277. The molecule has 0 spiro atoms. The van der Waals surface area contributed by atoms with E-state index in [4.69, 9.17) is 33.5 Å². The van der Waals surface area contributed by atoms with Crippen LogP contribution in [0, 0.1) is 5.82 Å². The molecule has 250 valence electrons. The molecular formula is C33H35FN2O11. The molecule has 1 atom stereocenters. The van der Waals surface area contributed by atoms with E-state index in [-0.39, 0.29) is 60.3 Å². The van der Waals surface area contributed by atoms with E-state index in [0.29, 0.717) is 30.7 Å². The Morgan fingerprint density at radius 1 is 0.809 bits per heavy atom. The summed E-state index contributed by atoms with van der Waals surface area (Å²) in [7, 11) is 4.23. The lowest BCUT2D eigenvalue weighted by Crippen LogP contribution is -2.45. The van der Waals surface area contributed by atoms with Crippen LogP contribution in [0.4, 0.5) is 9.18 Å². The van der Waals surface area contributed by atoms with Gasteiger partial charge in [-0.25, -0.2) is 23.8 Å². The highest BCUT2D eigenvalue weighted by atomic mass is 19.1. The maximum atomic E-state index is 14.9. The predicted molar refractivity (Wildman–Crippen MR) is 163 cm³/mol. The van der Waals surface area contributed by atoms with Crippen LogP contribution in [0.15, 0.2) is 60.7 Å². The Morgan fingerprint density at radius 3 is 2.15 bits per heavy atom. The average Bonchev–Trinajstić information content (AvgIpc) is 3.33. The fourth-order valence-corrected chi connectivity index (χ4v) is 4.73. The van der Waals surface area contributed by atoms with Crippen molar-refractivity contribution in [1.29, 1.82) is 0 Å². The monoisotopic (exact) mass is 654 g/mol. The summed E-state index contributed by atoms with van der Waals surface area (Å²) in [6.07, 6.45) is 1.15. The second kappa shape index (κ2) is 16.9. The van der Waals surface area contributed by atoms with Gasteiger partial charge in [-0.05, 0) is 55.7 Å². The predicted octanol–water partition coefficient (Wildman–Crippen LogP) is 4.52. The SMILES string of the molecule is COCOc1ccc(C(=O)NC2CCCCN(C(=O)OOC(=O)c3ccc(C(=O)c4c(F)cc(OC)cc4OCOC)cc3)C2)cc1. The first-order valence-electron chi connectivity index (χ1n) is 14.6. The number of ketones is 1. The maximum absolute atomic E-state index is 14.9. The molecule has 14 heteroatoms. The van der Waals surface area contributed by atoms with E-state index in [2.05, 4.69) is 5.32 Å². The van der Waals surface area contributed by atoms with E-state index >= 15 is 0 Å². The van der Waals surface area contributed by atoms with Crippen molar-refractivity contribution >= 4 is 23.8 Å². The Morgan fingerprint density at radius 2 is 1.47 bits per heavy atom. The fourth-order valence-electron chi connectivity index (χ4n) is 4.73. The van der Waals surface area contributed by atoms with Crippen molar-refractivity contribution in [2.75, 3.05) is 48.0 Å². The van der Waals surface area contributed by atoms with Gasteiger partial charge in [0.1, 0.15) is 28.6 Å². The van der Waals surface area contributed by atoms with Gasteiger partial charge in [0.2, 0.25) is 0 Å². The first-order valence-corrected chi connectivity index (χ1v) is 14.6. The highest BCUT2D eigenvalue weighted by Gasteiger charge is 2.27. The van der Waals surface area contributed by atoms with Crippen molar-refractivity contribution in [3.8, 4) is 17.2 Å². The van der Waals surface area contributed by atoms with Crippen LogP contribution in [0.25, 0.3) is 0 Å². The Bertz CT molecular complexity index is 1550. The number of nitrogens with zero attached hydrogens (tertiary/aromatic N) is 1. The Balaban J connectivity index is 1.32. The summed E-state index contributed by atoms with van der Waals surface area (Å²) in [6.45, 7) is 0.335. The van der Waals surface area contributed by atoms with Crippen LogP contribution in [0.5, 0.6) is 17.2 Å². The number of amides is 2. The first kappa shape index (κ1) is 34.7. The van der Waals surface area contributed by atoms with Gasteiger partial charge in [0, 0.05) is 56.6 Å². The molecule has 1 unspecified atom stereocenters. The molecule has 3 aromatic rings. The van der Waals surface area contributed by atoms with Crippen LogP contribution in [0.3, 0.4) is 0 Å². The highest BCUT2D eigenvalue weighted by molar-refractivity contribution is 6.11. The molecule has 1 saturated heterocycles. The van der Waals surface area contributed by atoms with Crippen molar-refractivity contribution in [2.45, 2.75) is 25.3 Å². The molecule has 47 heavy (non-hydrogen) atoms. The fraction of sp³-hybridized carbons (Fsp3) is 0.333. The van der Waals surface area contributed by atoms with Gasteiger partial charge < -0.3 is 33.9 Å². The number of rotatable bonds is 12. The number of nitrogens with one attached hydrogen (secondary N) is 1. The number of benzene rings is 3. The molecule has 1 N–H and O–H groups in total. The van der Waals surface area contributed by atoms with E-state index < -0.39 is 23.7 Å². The zero-order valence-corrected chi connectivity index (χ0v) is 26.1. The molecule has 4 rings (SSSR count). The zero-order valence-electron chi connectivity index (χ0n) is 26.1. The van der Waals surface area contributed by atoms with Crippen LogP contribution in [-0.4, -0.2) is 82.7 Å². The third kappa shape index (κ3) is 9.40. The molecule has 0 aliphatic carbocycles. The number of halogens is 1. The molecule has 0 saturated carbocycles. The summed E-state index contributed by atoms with van der Waals surface area (Å²) in [4.78, 5) is 62.3. The minimum atomic E-state index is -0.991.